The second-order valence-electron chi connectivity index (χ2n) is 7.22. The van der Waals surface area contributed by atoms with Crippen LogP contribution >= 0.6 is 23.1 Å². The molecule has 172 valence electrons. The van der Waals surface area contributed by atoms with Crippen LogP contribution in [0.1, 0.15) is 51.0 Å². The van der Waals surface area contributed by atoms with Gasteiger partial charge in [0.25, 0.3) is 0 Å². The summed E-state index contributed by atoms with van der Waals surface area (Å²) in [7, 11) is 0. The molecule has 0 saturated carbocycles. The highest BCUT2D eigenvalue weighted by atomic mass is 32.2. The van der Waals surface area contributed by atoms with Crippen LogP contribution in [0.2, 0.25) is 0 Å². The van der Waals surface area contributed by atoms with Crippen LogP contribution in [0, 0.1) is 0 Å². The molecule has 0 saturated heterocycles. The third kappa shape index (κ3) is 7.70. The monoisotopic (exact) mass is 481 g/mol. The Morgan fingerprint density at radius 1 is 1.03 bits per heavy atom. The molecule has 2 aromatic heterocycles. The molecule has 32 heavy (non-hydrogen) atoms. The topological polar surface area (TPSA) is 47.0 Å². The molecule has 0 fully saturated rings. The van der Waals surface area contributed by atoms with E-state index in [1.54, 1.807) is 24.7 Å². The van der Waals surface area contributed by atoms with Crippen LogP contribution in [0.4, 0.5) is 24.0 Å². The maximum Gasteiger partial charge on any atom is 0.420 e. The number of thiazole rings is 1. The molecule has 2 heterocycles. The van der Waals surface area contributed by atoms with Crippen molar-refractivity contribution >= 4 is 33.9 Å². The average molecular weight is 482 g/mol. The minimum absolute atomic E-state index is 0.135. The number of aromatic nitrogens is 2. The number of alkyl halides is 3. The number of anilines is 2. The Bertz CT molecular complexity index is 965. The van der Waals surface area contributed by atoms with Crippen molar-refractivity contribution in [1.82, 2.24) is 9.97 Å². The molecule has 0 aliphatic rings. The second-order valence-corrected chi connectivity index (χ2v) is 9.62. The van der Waals surface area contributed by atoms with Crippen molar-refractivity contribution in [3.05, 3.63) is 54.5 Å². The fraction of sp³-hybridized carbons (Fsp3) is 0.391. The highest BCUT2D eigenvalue weighted by Gasteiger charge is 2.34. The Hall–Kier alpha value is -2.26. The molecular formula is C23H26F3N3OS2. The van der Waals surface area contributed by atoms with Crippen molar-refractivity contribution in [3.63, 3.8) is 0 Å². The fourth-order valence-corrected chi connectivity index (χ4v) is 4.89. The molecule has 0 bridgehead atoms. The van der Waals surface area contributed by atoms with Crippen LogP contribution in [-0.4, -0.2) is 16.6 Å². The summed E-state index contributed by atoms with van der Waals surface area (Å²) in [6, 6.07) is 7.81. The van der Waals surface area contributed by atoms with Gasteiger partial charge in [-0.1, -0.05) is 62.1 Å². The lowest BCUT2D eigenvalue weighted by Gasteiger charge is -2.15. The second kappa shape index (κ2) is 12.1. The van der Waals surface area contributed by atoms with Crippen LogP contribution in [-0.2, 0) is 6.18 Å². The van der Waals surface area contributed by atoms with Gasteiger partial charge in [-0.3, -0.25) is 4.98 Å². The van der Waals surface area contributed by atoms with Crippen LogP contribution in [0.15, 0.2) is 58.0 Å². The first-order valence-electron chi connectivity index (χ1n) is 10.6. The van der Waals surface area contributed by atoms with Gasteiger partial charge < -0.3 is 10.1 Å². The van der Waals surface area contributed by atoms with Crippen molar-refractivity contribution < 1.29 is 17.9 Å². The molecule has 0 spiro atoms. The molecule has 4 nitrogen and oxygen atoms in total. The number of pyridine rings is 1. The molecule has 0 aliphatic carbocycles. The molecule has 9 heteroatoms. The number of hydrogen-bond acceptors (Lipinski definition) is 6. The molecule has 0 radical (unpaired) electrons. The highest BCUT2D eigenvalue weighted by Crippen LogP contribution is 2.39. The molecule has 0 unspecified atom stereocenters. The zero-order valence-electron chi connectivity index (χ0n) is 17.8. The Labute approximate surface area is 194 Å². The van der Waals surface area contributed by atoms with Crippen molar-refractivity contribution in [1.29, 1.82) is 0 Å². The van der Waals surface area contributed by atoms with Crippen LogP contribution in [0.25, 0.3) is 0 Å². The van der Waals surface area contributed by atoms with E-state index in [1.165, 1.54) is 35.6 Å². The number of unbranched alkanes of at least 4 members (excludes halogenated alkanes) is 5. The van der Waals surface area contributed by atoms with Gasteiger partial charge in [-0.25, -0.2) is 4.98 Å². The van der Waals surface area contributed by atoms with Crippen LogP contribution in [0.3, 0.4) is 0 Å². The summed E-state index contributed by atoms with van der Waals surface area (Å²) in [5, 5.41) is 3.50. The summed E-state index contributed by atoms with van der Waals surface area (Å²) < 4.78 is 47.2. The van der Waals surface area contributed by atoms with E-state index >= 15 is 0 Å². The maximum absolute atomic E-state index is 13.6. The summed E-state index contributed by atoms with van der Waals surface area (Å²) in [6.07, 6.45) is 6.91. The molecule has 0 amide bonds. The smallest absolute Gasteiger partial charge is 0.420 e. The van der Waals surface area contributed by atoms with Gasteiger partial charge in [0.2, 0.25) is 0 Å². The third-order valence-electron chi connectivity index (χ3n) is 4.64. The maximum atomic E-state index is 13.6. The molecule has 3 rings (SSSR count). The van der Waals surface area contributed by atoms with Crippen LogP contribution < -0.4 is 10.1 Å². The van der Waals surface area contributed by atoms with E-state index in [1.807, 2.05) is 12.1 Å². The zero-order chi connectivity index (χ0) is 22.8. The summed E-state index contributed by atoms with van der Waals surface area (Å²) in [5.74, 6) is -0.135. The highest BCUT2D eigenvalue weighted by molar-refractivity contribution is 8.01. The van der Waals surface area contributed by atoms with Gasteiger partial charge >= 0.3 is 6.18 Å². The lowest BCUT2D eigenvalue weighted by atomic mass is 10.1. The Morgan fingerprint density at radius 3 is 2.53 bits per heavy atom. The largest absolute Gasteiger partial charge is 0.493 e. The molecule has 0 aliphatic heterocycles. The minimum Gasteiger partial charge on any atom is -0.493 e. The first-order valence-corrected chi connectivity index (χ1v) is 12.2. The van der Waals surface area contributed by atoms with E-state index in [4.69, 9.17) is 4.74 Å². The van der Waals surface area contributed by atoms with Crippen molar-refractivity contribution in [2.45, 2.75) is 60.7 Å². The van der Waals surface area contributed by atoms with Crippen molar-refractivity contribution in [3.8, 4) is 5.75 Å². The van der Waals surface area contributed by atoms with Gasteiger partial charge in [-0.15, -0.1) is 0 Å². The SMILES string of the molecule is CCCCCCCCOc1ccc(Nc2ncc(Sc3ccncc3)s2)cc1C(F)(F)F. The van der Waals surface area contributed by atoms with E-state index in [0.29, 0.717) is 10.8 Å². The normalized spacial score (nSPS) is 11.5. The van der Waals surface area contributed by atoms with Gasteiger partial charge in [-0.2, -0.15) is 13.2 Å². The van der Waals surface area contributed by atoms with Crippen LogP contribution in [0.5, 0.6) is 5.75 Å². The number of ether oxygens (including phenoxy) is 1. The van der Waals surface area contributed by atoms with E-state index in [-0.39, 0.29) is 12.4 Å². The number of nitrogens with zero attached hydrogens (tertiary/aromatic N) is 2. The predicted molar refractivity (Wildman–Crippen MR) is 124 cm³/mol. The number of benzene rings is 1. The Morgan fingerprint density at radius 2 is 1.78 bits per heavy atom. The average Bonchev–Trinajstić information content (AvgIpc) is 3.20. The standard InChI is InChI=1S/C23H26F3N3OS2/c1-2-3-4-5-6-7-14-30-20-9-8-17(15-19(20)23(24,25)26)29-22-28-16-21(32-22)31-18-10-12-27-13-11-18/h8-13,15-16H,2-7,14H2,1H3,(H,28,29). The quantitative estimate of drug-likeness (QED) is 0.264. The van der Waals surface area contributed by atoms with E-state index in [9.17, 15) is 13.2 Å². The Kier molecular flexibility index (Phi) is 9.23. The molecule has 0 atom stereocenters. The lowest BCUT2D eigenvalue weighted by molar-refractivity contribution is -0.138. The van der Waals surface area contributed by atoms with E-state index in [0.717, 1.165) is 47.3 Å². The third-order valence-corrected chi connectivity index (χ3v) is 6.67. The first kappa shape index (κ1) is 24.4. The number of rotatable bonds is 12. The summed E-state index contributed by atoms with van der Waals surface area (Å²) in [4.78, 5) is 9.27. The summed E-state index contributed by atoms with van der Waals surface area (Å²) in [6.45, 7) is 2.43. The van der Waals surface area contributed by atoms with Gasteiger partial charge in [0.1, 0.15) is 5.75 Å². The van der Waals surface area contributed by atoms with Crippen molar-refractivity contribution in [2.24, 2.45) is 0 Å². The summed E-state index contributed by atoms with van der Waals surface area (Å²) >= 11 is 2.89. The predicted octanol–water partition coefficient (Wildman–Crippen LogP) is 8.19. The zero-order valence-corrected chi connectivity index (χ0v) is 19.5. The number of hydrogen-bond donors (Lipinski definition) is 1. The summed E-state index contributed by atoms with van der Waals surface area (Å²) in [5.41, 5.74) is -0.463. The number of halogens is 3. The molecular weight excluding hydrogens is 455 g/mol. The minimum atomic E-state index is -4.50. The van der Waals surface area contributed by atoms with Gasteiger partial charge in [0, 0.05) is 23.0 Å². The van der Waals surface area contributed by atoms with Gasteiger partial charge in [-0.05, 0) is 36.8 Å². The van der Waals surface area contributed by atoms with E-state index in [2.05, 4.69) is 22.2 Å². The lowest BCUT2D eigenvalue weighted by Crippen LogP contribution is -2.10. The molecule has 1 N–H and O–H groups in total. The van der Waals surface area contributed by atoms with E-state index < -0.39 is 11.7 Å². The number of nitrogens with one attached hydrogen (secondary N) is 1. The molecule has 3 aromatic rings. The fourth-order valence-electron chi connectivity index (χ4n) is 3.03. The van der Waals surface area contributed by atoms with Gasteiger partial charge in [0.15, 0.2) is 5.13 Å². The van der Waals surface area contributed by atoms with Crippen molar-refractivity contribution in [2.75, 3.05) is 11.9 Å². The first-order chi connectivity index (χ1) is 15.5. The Balaban J connectivity index is 1.60. The molecule has 1 aromatic carbocycles. The van der Waals surface area contributed by atoms with Gasteiger partial charge in [0.05, 0.1) is 22.6 Å².